The molecule has 3 nitrogen and oxygen atoms in total. The second kappa shape index (κ2) is 3.17. The molecular weight excluding hydrogens is 154 g/mol. The Bertz CT molecular complexity index is 307. The van der Waals surface area contributed by atoms with E-state index in [1.54, 1.807) is 25.3 Å². The van der Waals surface area contributed by atoms with Gasteiger partial charge in [0.25, 0.3) is 0 Å². The predicted molar refractivity (Wildman–Crippen MR) is 49.1 cm³/mol. The maximum Gasteiger partial charge on any atom is 0.141 e. The van der Waals surface area contributed by atoms with Gasteiger partial charge in [-0.1, -0.05) is 6.58 Å². The molecule has 64 valence electrons. The summed E-state index contributed by atoms with van der Waals surface area (Å²) in [5.41, 5.74) is 6.69. The van der Waals surface area contributed by atoms with Crippen LogP contribution < -0.4 is 10.5 Å². The van der Waals surface area contributed by atoms with E-state index in [4.69, 9.17) is 15.6 Å². The van der Waals surface area contributed by atoms with Crippen molar-refractivity contribution in [1.82, 2.24) is 0 Å². The van der Waals surface area contributed by atoms with E-state index in [0.717, 1.165) is 0 Å². The smallest absolute Gasteiger partial charge is 0.141 e. The molecule has 1 aromatic rings. The molecule has 0 amide bonds. The zero-order valence-electron chi connectivity index (χ0n) is 6.87. The number of aliphatic hydroxyl groups excluding tert-OH is 1. The summed E-state index contributed by atoms with van der Waals surface area (Å²) in [7, 11) is 1.54. The summed E-state index contributed by atoms with van der Waals surface area (Å²) in [4.78, 5) is 0. The number of hydrogen-bond acceptors (Lipinski definition) is 3. The number of nitrogens with two attached hydrogens (primary N) is 1. The Morgan fingerprint density at radius 2 is 2.25 bits per heavy atom. The van der Waals surface area contributed by atoms with Crippen LogP contribution in [0.2, 0.25) is 0 Å². The highest BCUT2D eigenvalue weighted by Crippen LogP contribution is 2.23. The van der Waals surface area contributed by atoms with Gasteiger partial charge in [0.15, 0.2) is 0 Å². The normalized spacial score (nSPS) is 9.42. The molecule has 12 heavy (non-hydrogen) atoms. The van der Waals surface area contributed by atoms with Crippen molar-refractivity contribution >= 4 is 11.4 Å². The average Bonchev–Trinajstić information content (AvgIpc) is 2.04. The van der Waals surface area contributed by atoms with E-state index in [9.17, 15) is 0 Å². The molecule has 0 atom stereocenters. The van der Waals surface area contributed by atoms with Crippen molar-refractivity contribution in [2.75, 3.05) is 12.8 Å². The maximum absolute atomic E-state index is 9.02. The van der Waals surface area contributed by atoms with Crippen LogP contribution in [-0.4, -0.2) is 12.2 Å². The molecule has 0 aliphatic heterocycles. The minimum absolute atomic E-state index is 0.00403. The molecule has 0 unspecified atom stereocenters. The van der Waals surface area contributed by atoms with E-state index < -0.39 is 0 Å². The SMILES string of the molecule is C=C(O)c1ccc(OC)c(N)c1. The van der Waals surface area contributed by atoms with Gasteiger partial charge in [-0.05, 0) is 18.2 Å². The Morgan fingerprint density at radius 3 is 2.67 bits per heavy atom. The van der Waals surface area contributed by atoms with Crippen LogP contribution in [0.15, 0.2) is 24.8 Å². The zero-order valence-corrected chi connectivity index (χ0v) is 6.87. The third kappa shape index (κ3) is 1.50. The topological polar surface area (TPSA) is 55.5 Å². The fraction of sp³-hybridized carbons (Fsp3) is 0.111. The van der Waals surface area contributed by atoms with E-state index in [-0.39, 0.29) is 5.76 Å². The molecule has 1 aromatic carbocycles. The van der Waals surface area contributed by atoms with Gasteiger partial charge in [0, 0.05) is 5.56 Å². The van der Waals surface area contributed by atoms with Gasteiger partial charge in [-0.3, -0.25) is 0 Å². The van der Waals surface area contributed by atoms with E-state index >= 15 is 0 Å². The molecule has 0 aromatic heterocycles. The summed E-state index contributed by atoms with van der Waals surface area (Å²) in [5, 5.41) is 9.02. The monoisotopic (exact) mass is 165 g/mol. The quantitative estimate of drug-likeness (QED) is 0.519. The van der Waals surface area contributed by atoms with Gasteiger partial charge in [0.05, 0.1) is 12.8 Å². The lowest BCUT2D eigenvalue weighted by molar-refractivity contribution is 0.417. The molecule has 0 radical (unpaired) electrons. The lowest BCUT2D eigenvalue weighted by Crippen LogP contribution is -1.93. The Hall–Kier alpha value is -1.64. The number of aliphatic hydroxyl groups is 1. The summed E-state index contributed by atoms with van der Waals surface area (Å²) in [6.45, 7) is 3.38. The number of hydrogen-bond donors (Lipinski definition) is 2. The molecule has 0 bridgehead atoms. The molecule has 0 fully saturated rings. The molecule has 0 spiro atoms. The molecule has 0 saturated heterocycles. The number of rotatable bonds is 2. The molecule has 0 saturated carbocycles. The van der Waals surface area contributed by atoms with Crippen molar-refractivity contribution in [2.45, 2.75) is 0 Å². The second-order valence-corrected chi connectivity index (χ2v) is 2.40. The number of methoxy groups -OCH3 is 1. The molecule has 3 heteroatoms. The van der Waals surface area contributed by atoms with Crippen LogP contribution in [0, 0.1) is 0 Å². The van der Waals surface area contributed by atoms with Crippen LogP contribution in [-0.2, 0) is 0 Å². The number of nitrogen functional groups attached to an aromatic ring is 1. The summed E-state index contributed by atoms with van der Waals surface area (Å²) < 4.78 is 4.94. The first-order chi connectivity index (χ1) is 5.65. The summed E-state index contributed by atoms with van der Waals surface area (Å²) in [6, 6.07) is 4.99. The molecule has 0 heterocycles. The Balaban J connectivity index is 3.10. The van der Waals surface area contributed by atoms with Crippen LogP contribution in [0.3, 0.4) is 0 Å². The highest BCUT2D eigenvalue weighted by Gasteiger charge is 2.01. The highest BCUT2D eigenvalue weighted by atomic mass is 16.5. The Morgan fingerprint density at radius 1 is 1.58 bits per heavy atom. The summed E-state index contributed by atoms with van der Waals surface area (Å²) in [6.07, 6.45) is 0. The first-order valence-corrected chi connectivity index (χ1v) is 3.47. The largest absolute Gasteiger partial charge is 0.508 e. The maximum atomic E-state index is 9.02. The molecular formula is C9H11NO2. The molecule has 0 aliphatic carbocycles. The predicted octanol–water partition coefficient (Wildman–Crippen LogP) is 1.81. The van der Waals surface area contributed by atoms with Gasteiger partial charge in [-0.2, -0.15) is 0 Å². The zero-order chi connectivity index (χ0) is 9.14. The fourth-order valence-electron chi connectivity index (χ4n) is 0.914. The van der Waals surface area contributed by atoms with Crippen molar-refractivity contribution in [3.8, 4) is 5.75 Å². The first kappa shape index (κ1) is 8.46. The lowest BCUT2D eigenvalue weighted by atomic mass is 10.1. The molecule has 1 rings (SSSR count). The third-order valence-electron chi connectivity index (χ3n) is 1.56. The van der Waals surface area contributed by atoms with Crippen molar-refractivity contribution in [2.24, 2.45) is 0 Å². The van der Waals surface area contributed by atoms with Gasteiger partial charge >= 0.3 is 0 Å². The van der Waals surface area contributed by atoms with Crippen molar-refractivity contribution in [1.29, 1.82) is 0 Å². The number of anilines is 1. The van der Waals surface area contributed by atoms with Crippen molar-refractivity contribution < 1.29 is 9.84 Å². The van der Waals surface area contributed by atoms with Gasteiger partial charge in [0.1, 0.15) is 11.5 Å². The Labute approximate surface area is 71.1 Å². The van der Waals surface area contributed by atoms with Gasteiger partial charge in [-0.25, -0.2) is 0 Å². The van der Waals surface area contributed by atoms with Crippen molar-refractivity contribution in [3.63, 3.8) is 0 Å². The number of ether oxygens (including phenoxy) is 1. The van der Waals surface area contributed by atoms with E-state index in [2.05, 4.69) is 6.58 Å². The van der Waals surface area contributed by atoms with Crippen molar-refractivity contribution in [3.05, 3.63) is 30.3 Å². The van der Waals surface area contributed by atoms with Crippen LogP contribution in [0.1, 0.15) is 5.56 Å². The highest BCUT2D eigenvalue weighted by molar-refractivity contribution is 5.64. The first-order valence-electron chi connectivity index (χ1n) is 3.47. The Kier molecular flexibility index (Phi) is 2.24. The van der Waals surface area contributed by atoms with Crippen LogP contribution in [0.5, 0.6) is 5.75 Å². The van der Waals surface area contributed by atoms with Gasteiger partial charge in [0.2, 0.25) is 0 Å². The minimum Gasteiger partial charge on any atom is -0.508 e. The van der Waals surface area contributed by atoms with Gasteiger partial charge < -0.3 is 15.6 Å². The minimum atomic E-state index is 0.00403. The average molecular weight is 165 g/mol. The molecule has 0 aliphatic rings. The second-order valence-electron chi connectivity index (χ2n) is 2.40. The molecule has 3 N–H and O–H groups in total. The van der Waals surface area contributed by atoms with Crippen LogP contribution in [0.25, 0.3) is 5.76 Å². The summed E-state index contributed by atoms with van der Waals surface area (Å²) >= 11 is 0. The van der Waals surface area contributed by atoms with E-state index in [0.29, 0.717) is 17.0 Å². The fourth-order valence-corrected chi connectivity index (χ4v) is 0.914. The van der Waals surface area contributed by atoms with Crippen LogP contribution in [0.4, 0.5) is 5.69 Å². The van der Waals surface area contributed by atoms with Gasteiger partial charge in [-0.15, -0.1) is 0 Å². The lowest BCUT2D eigenvalue weighted by Gasteiger charge is -2.05. The standard InChI is InChI=1S/C9H11NO2/c1-6(11)7-3-4-9(12-2)8(10)5-7/h3-5,11H,1,10H2,2H3. The summed E-state index contributed by atoms with van der Waals surface area (Å²) in [5.74, 6) is 0.601. The number of benzene rings is 1. The van der Waals surface area contributed by atoms with Crippen LogP contribution >= 0.6 is 0 Å². The van der Waals surface area contributed by atoms with E-state index in [1.807, 2.05) is 0 Å². The third-order valence-corrected chi connectivity index (χ3v) is 1.56. The van der Waals surface area contributed by atoms with E-state index in [1.165, 1.54) is 0 Å².